The van der Waals surface area contributed by atoms with E-state index in [4.69, 9.17) is 4.98 Å². The Bertz CT molecular complexity index is 1090. The standard InChI is InChI=1S/C24H26N6O/c1-2-29-11-13-30(14-12-29)19-9-7-18(8-10-19)26-24-25-16-17-15-22(31)27-21-6-4-3-5-20(21)23(17)28-24/h3-10,16H,2,11-15H2,1H3,(H,27,31)(H,25,26,28). The third-order valence-electron chi connectivity index (χ3n) is 5.98. The molecule has 0 bridgehead atoms. The Morgan fingerprint density at radius 3 is 2.58 bits per heavy atom. The highest BCUT2D eigenvalue weighted by Crippen LogP contribution is 2.33. The van der Waals surface area contributed by atoms with Gasteiger partial charge >= 0.3 is 0 Å². The number of carbonyl (C=O) groups is 1. The average Bonchev–Trinajstić information content (AvgIpc) is 2.95. The molecule has 7 nitrogen and oxygen atoms in total. The number of anilines is 4. The number of nitrogens with one attached hydrogen (secondary N) is 2. The fraction of sp³-hybridized carbons (Fsp3) is 0.292. The highest BCUT2D eigenvalue weighted by molar-refractivity contribution is 5.99. The lowest BCUT2D eigenvalue weighted by molar-refractivity contribution is -0.115. The fourth-order valence-corrected chi connectivity index (χ4v) is 4.20. The Hall–Kier alpha value is -3.45. The van der Waals surface area contributed by atoms with Crippen LogP contribution in [0.25, 0.3) is 11.3 Å². The molecule has 3 heterocycles. The van der Waals surface area contributed by atoms with Crippen LogP contribution in [0.5, 0.6) is 0 Å². The first-order chi connectivity index (χ1) is 15.2. The molecular weight excluding hydrogens is 388 g/mol. The van der Waals surface area contributed by atoms with Crippen molar-refractivity contribution in [2.75, 3.05) is 48.3 Å². The molecule has 2 aliphatic heterocycles. The van der Waals surface area contributed by atoms with Gasteiger partial charge < -0.3 is 20.4 Å². The molecule has 3 aromatic rings. The van der Waals surface area contributed by atoms with E-state index in [0.29, 0.717) is 5.95 Å². The van der Waals surface area contributed by atoms with Crippen molar-refractivity contribution >= 4 is 28.9 Å². The molecule has 1 fully saturated rings. The smallest absolute Gasteiger partial charge is 0.228 e. The van der Waals surface area contributed by atoms with Crippen molar-refractivity contribution in [3.63, 3.8) is 0 Å². The normalized spacial score (nSPS) is 16.2. The van der Waals surface area contributed by atoms with Crippen molar-refractivity contribution in [2.45, 2.75) is 13.3 Å². The number of benzene rings is 2. The number of nitrogens with zero attached hydrogens (tertiary/aromatic N) is 4. The van der Waals surface area contributed by atoms with Crippen LogP contribution in [0.3, 0.4) is 0 Å². The Morgan fingerprint density at radius 1 is 1.03 bits per heavy atom. The molecule has 31 heavy (non-hydrogen) atoms. The van der Waals surface area contributed by atoms with Gasteiger partial charge in [0.25, 0.3) is 0 Å². The SMILES string of the molecule is CCN1CCN(c2ccc(Nc3ncc4c(n3)-c3ccccc3NC(=O)C4)cc2)CC1. The van der Waals surface area contributed by atoms with E-state index in [0.717, 1.165) is 60.9 Å². The van der Waals surface area contributed by atoms with Gasteiger partial charge in [-0.15, -0.1) is 0 Å². The number of carbonyl (C=O) groups excluding carboxylic acids is 1. The molecule has 0 atom stereocenters. The summed E-state index contributed by atoms with van der Waals surface area (Å²) in [5.74, 6) is 0.470. The lowest BCUT2D eigenvalue weighted by atomic mass is 10.1. The van der Waals surface area contributed by atoms with Crippen molar-refractivity contribution in [1.82, 2.24) is 14.9 Å². The summed E-state index contributed by atoms with van der Waals surface area (Å²) in [5.41, 5.74) is 5.49. The third kappa shape index (κ3) is 4.09. The van der Waals surface area contributed by atoms with Crippen molar-refractivity contribution in [1.29, 1.82) is 0 Å². The van der Waals surface area contributed by atoms with Gasteiger partial charge in [-0.1, -0.05) is 25.1 Å². The molecule has 1 saturated heterocycles. The van der Waals surface area contributed by atoms with E-state index in [-0.39, 0.29) is 12.3 Å². The van der Waals surface area contributed by atoms with Crippen molar-refractivity contribution in [2.24, 2.45) is 0 Å². The molecule has 2 aliphatic rings. The highest BCUT2D eigenvalue weighted by Gasteiger charge is 2.21. The minimum absolute atomic E-state index is 0.0501. The van der Waals surface area contributed by atoms with E-state index < -0.39 is 0 Å². The zero-order chi connectivity index (χ0) is 21.2. The second-order valence-corrected chi connectivity index (χ2v) is 7.93. The minimum atomic E-state index is -0.0501. The van der Waals surface area contributed by atoms with Crippen molar-refractivity contribution in [3.05, 3.63) is 60.3 Å². The van der Waals surface area contributed by atoms with E-state index >= 15 is 0 Å². The van der Waals surface area contributed by atoms with Crippen LogP contribution in [0.1, 0.15) is 12.5 Å². The first-order valence-corrected chi connectivity index (χ1v) is 10.8. The molecule has 158 valence electrons. The van der Waals surface area contributed by atoms with Gasteiger partial charge in [0, 0.05) is 54.9 Å². The molecule has 0 aliphatic carbocycles. The van der Waals surface area contributed by atoms with Gasteiger partial charge in [-0.3, -0.25) is 4.79 Å². The largest absolute Gasteiger partial charge is 0.369 e. The van der Waals surface area contributed by atoms with Crippen LogP contribution in [0.2, 0.25) is 0 Å². The van der Waals surface area contributed by atoms with Crippen LogP contribution in [-0.4, -0.2) is 53.5 Å². The summed E-state index contributed by atoms with van der Waals surface area (Å²) in [5, 5.41) is 6.26. The number of hydrogen-bond acceptors (Lipinski definition) is 6. The van der Waals surface area contributed by atoms with Crippen molar-refractivity contribution < 1.29 is 4.79 Å². The predicted octanol–water partition coefficient (Wildman–Crippen LogP) is 3.52. The Labute approximate surface area is 182 Å². The first-order valence-electron chi connectivity index (χ1n) is 10.8. The molecule has 2 N–H and O–H groups in total. The number of aromatic nitrogens is 2. The zero-order valence-electron chi connectivity index (χ0n) is 17.6. The molecule has 0 radical (unpaired) electrons. The van der Waals surface area contributed by atoms with E-state index in [1.165, 1.54) is 5.69 Å². The van der Waals surface area contributed by atoms with Gasteiger partial charge in [-0.25, -0.2) is 9.97 Å². The highest BCUT2D eigenvalue weighted by atomic mass is 16.1. The molecule has 2 aromatic carbocycles. The van der Waals surface area contributed by atoms with Crippen LogP contribution >= 0.6 is 0 Å². The van der Waals surface area contributed by atoms with Gasteiger partial charge in [-0.05, 0) is 36.9 Å². The summed E-state index contributed by atoms with van der Waals surface area (Å²) in [6.45, 7) is 7.66. The molecule has 5 rings (SSSR count). The van der Waals surface area contributed by atoms with Gasteiger partial charge in [0.1, 0.15) is 0 Å². The number of para-hydroxylation sites is 1. The Balaban J connectivity index is 1.35. The Kier molecular flexibility index (Phi) is 5.26. The second-order valence-electron chi connectivity index (χ2n) is 7.93. The van der Waals surface area contributed by atoms with E-state index in [9.17, 15) is 4.79 Å². The van der Waals surface area contributed by atoms with Crippen LogP contribution in [0.15, 0.2) is 54.7 Å². The van der Waals surface area contributed by atoms with E-state index in [1.54, 1.807) is 6.20 Å². The maximum absolute atomic E-state index is 12.2. The molecular formula is C24H26N6O. The summed E-state index contributed by atoms with van der Waals surface area (Å²) in [6.07, 6.45) is 2.01. The maximum atomic E-state index is 12.2. The number of hydrogen-bond donors (Lipinski definition) is 2. The predicted molar refractivity (Wildman–Crippen MR) is 124 cm³/mol. The number of piperazine rings is 1. The van der Waals surface area contributed by atoms with E-state index in [1.807, 2.05) is 24.3 Å². The Morgan fingerprint density at radius 2 is 1.81 bits per heavy atom. The summed E-state index contributed by atoms with van der Waals surface area (Å²) < 4.78 is 0. The summed E-state index contributed by atoms with van der Waals surface area (Å²) in [7, 11) is 0. The van der Waals surface area contributed by atoms with Gasteiger partial charge in [0.15, 0.2) is 0 Å². The quantitative estimate of drug-likeness (QED) is 0.681. The average molecular weight is 415 g/mol. The number of fused-ring (bicyclic) bond motifs is 3. The number of amides is 1. The lowest BCUT2D eigenvalue weighted by Gasteiger charge is -2.35. The monoisotopic (exact) mass is 414 g/mol. The van der Waals surface area contributed by atoms with Gasteiger partial charge in [0.05, 0.1) is 17.8 Å². The topological polar surface area (TPSA) is 73.4 Å². The van der Waals surface area contributed by atoms with Crippen LogP contribution in [-0.2, 0) is 11.2 Å². The lowest BCUT2D eigenvalue weighted by Crippen LogP contribution is -2.46. The van der Waals surface area contributed by atoms with Gasteiger partial charge in [-0.2, -0.15) is 0 Å². The molecule has 0 saturated carbocycles. The van der Waals surface area contributed by atoms with Gasteiger partial charge in [0.2, 0.25) is 11.9 Å². The van der Waals surface area contributed by atoms with Crippen LogP contribution in [0.4, 0.5) is 23.0 Å². The van der Waals surface area contributed by atoms with Crippen molar-refractivity contribution in [3.8, 4) is 11.3 Å². The number of likely N-dealkylation sites (N-methyl/N-ethyl adjacent to an activating group) is 1. The second kappa shape index (κ2) is 8.35. The minimum Gasteiger partial charge on any atom is -0.369 e. The van der Waals surface area contributed by atoms with Crippen LogP contribution in [0, 0.1) is 0 Å². The maximum Gasteiger partial charge on any atom is 0.228 e. The molecule has 7 heteroatoms. The molecule has 0 spiro atoms. The molecule has 1 aromatic heterocycles. The first kappa shape index (κ1) is 19.5. The van der Waals surface area contributed by atoms with E-state index in [2.05, 4.69) is 56.6 Å². The van der Waals surface area contributed by atoms with Crippen LogP contribution < -0.4 is 15.5 Å². The zero-order valence-corrected chi connectivity index (χ0v) is 17.6. The summed E-state index contributed by atoms with van der Waals surface area (Å²) in [6, 6.07) is 16.2. The fourth-order valence-electron chi connectivity index (χ4n) is 4.20. The molecule has 0 unspecified atom stereocenters. The number of rotatable bonds is 4. The third-order valence-corrected chi connectivity index (χ3v) is 5.98. The molecule has 1 amide bonds. The summed E-state index contributed by atoms with van der Waals surface area (Å²) >= 11 is 0. The summed E-state index contributed by atoms with van der Waals surface area (Å²) in [4.78, 5) is 26.3.